The first-order valence-corrected chi connectivity index (χ1v) is 15.0. The molecule has 34 heavy (non-hydrogen) atoms. The molecule has 2 rings (SSSR count). The fourth-order valence-electron chi connectivity index (χ4n) is 3.61. The molecule has 0 heterocycles. The van der Waals surface area contributed by atoms with E-state index in [2.05, 4.69) is 10.6 Å². The second-order valence-electron chi connectivity index (χ2n) is 7.29. The van der Waals surface area contributed by atoms with E-state index < -0.39 is 26.8 Å². The molecule has 0 aliphatic carbocycles. The summed E-state index contributed by atoms with van der Waals surface area (Å²) in [5.74, 6) is -1.28. The molecule has 2 aromatic rings. The maximum absolute atomic E-state index is 13.6. The SMILES string of the molecule is CCOP(=O)(OCC)C(NCCNC(c1ccccc1)P(=O)(OCC)OCC)c1ccccc1. The minimum atomic E-state index is -3.47. The predicted molar refractivity (Wildman–Crippen MR) is 136 cm³/mol. The molecule has 0 fully saturated rings. The summed E-state index contributed by atoms with van der Waals surface area (Å²) in [5.41, 5.74) is 1.61. The second-order valence-corrected chi connectivity index (χ2v) is 11.5. The Bertz CT molecular complexity index is 821. The van der Waals surface area contributed by atoms with Crippen molar-refractivity contribution in [3.63, 3.8) is 0 Å². The molecule has 0 amide bonds. The molecule has 2 aromatic carbocycles. The lowest BCUT2D eigenvalue weighted by atomic mass is 10.2. The van der Waals surface area contributed by atoms with Crippen LogP contribution in [0.3, 0.4) is 0 Å². The summed E-state index contributed by atoms with van der Waals surface area (Å²) in [7, 11) is -6.94. The van der Waals surface area contributed by atoms with Crippen LogP contribution in [-0.4, -0.2) is 39.5 Å². The van der Waals surface area contributed by atoms with Crippen LogP contribution in [0.4, 0.5) is 0 Å². The van der Waals surface area contributed by atoms with Crippen molar-refractivity contribution >= 4 is 15.2 Å². The van der Waals surface area contributed by atoms with Gasteiger partial charge in [0.25, 0.3) is 0 Å². The van der Waals surface area contributed by atoms with Gasteiger partial charge in [-0.2, -0.15) is 0 Å². The Morgan fingerprint density at radius 2 is 0.882 bits per heavy atom. The van der Waals surface area contributed by atoms with Gasteiger partial charge in [0.1, 0.15) is 11.6 Å². The van der Waals surface area contributed by atoms with Gasteiger partial charge in [0, 0.05) is 13.1 Å². The van der Waals surface area contributed by atoms with E-state index in [4.69, 9.17) is 18.1 Å². The van der Waals surface area contributed by atoms with Gasteiger partial charge in [0.2, 0.25) is 0 Å². The zero-order valence-corrected chi connectivity index (χ0v) is 22.3. The summed E-state index contributed by atoms with van der Waals surface area (Å²) in [6.45, 7) is 9.04. The van der Waals surface area contributed by atoms with Gasteiger partial charge >= 0.3 is 15.2 Å². The van der Waals surface area contributed by atoms with Crippen molar-refractivity contribution in [1.82, 2.24) is 10.6 Å². The minimum absolute atomic E-state index is 0.266. The molecule has 2 N–H and O–H groups in total. The molecule has 0 saturated carbocycles. The lowest BCUT2D eigenvalue weighted by Crippen LogP contribution is -2.33. The molecule has 0 aromatic heterocycles. The molecule has 0 radical (unpaired) electrons. The Kier molecular flexibility index (Phi) is 12.7. The molecular weight excluding hydrogens is 474 g/mol. The molecule has 190 valence electrons. The van der Waals surface area contributed by atoms with Crippen LogP contribution in [0.25, 0.3) is 0 Å². The third-order valence-corrected chi connectivity index (χ3v) is 9.60. The number of hydrogen-bond donors (Lipinski definition) is 2. The normalized spacial score (nSPS) is 14.1. The average Bonchev–Trinajstić information content (AvgIpc) is 2.83. The summed E-state index contributed by atoms with van der Waals surface area (Å²) in [6.07, 6.45) is 0. The van der Waals surface area contributed by atoms with Gasteiger partial charge in [-0.1, -0.05) is 60.7 Å². The van der Waals surface area contributed by atoms with Gasteiger partial charge in [0.15, 0.2) is 0 Å². The van der Waals surface area contributed by atoms with Gasteiger partial charge in [-0.25, -0.2) is 0 Å². The highest BCUT2D eigenvalue weighted by Gasteiger charge is 2.38. The number of hydrogen-bond acceptors (Lipinski definition) is 8. The Balaban J connectivity index is 2.20. The van der Waals surface area contributed by atoms with E-state index in [1.807, 2.05) is 60.7 Å². The first-order valence-electron chi connectivity index (χ1n) is 11.8. The molecule has 2 atom stereocenters. The van der Waals surface area contributed by atoms with Crippen LogP contribution in [0.15, 0.2) is 60.7 Å². The van der Waals surface area contributed by atoms with Crippen LogP contribution < -0.4 is 10.6 Å². The lowest BCUT2D eigenvalue weighted by molar-refractivity contribution is 0.204. The van der Waals surface area contributed by atoms with Crippen LogP contribution in [0.2, 0.25) is 0 Å². The summed E-state index contributed by atoms with van der Waals surface area (Å²) >= 11 is 0. The van der Waals surface area contributed by atoms with Crippen molar-refractivity contribution < 1.29 is 27.2 Å². The third-order valence-electron chi connectivity index (χ3n) is 4.90. The standard InChI is InChI=1S/C24H38N2O6P2/c1-5-29-33(27,30-6-2)23(21-15-11-9-12-16-21)25-19-20-26-24(22-17-13-10-14-18-22)34(28,31-7-3)32-8-4/h9-18,23-26H,5-8,19-20H2,1-4H3. The molecule has 10 heteroatoms. The summed E-state index contributed by atoms with van der Waals surface area (Å²) in [5, 5.41) is 6.64. The Hall–Kier alpha value is -1.34. The fraction of sp³-hybridized carbons (Fsp3) is 0.500. The smallest absolute Gasteiger partial charge is 0.308 e. The monoisotopic (exact) mass is 512 g/mol. The predicted octanol–water partition coefficient (Wildman–Crippen LogP) is 6.10. The molecule has 0 bridgehead atoms. The highest BCUT2D eigenvalue weighted by molar-refractivity contribution is 7.54. The Morgan fingerprint density at radius 3 is 1.15 bits per heavy atom. The van der Waals surface area contributed by atoms with E-state index in [0.717, 1.165) is 11.1 Å². The van der Waals surface area contributed by atoms with E-state index >= 15 is 0 Å². The van der Waals surface area contributed by atoms with Gasteiger partial charge in [-0.05, 0) is 38.8 Å². The van der Waals surface area contributed by atoms with Crippen molar-refractivity contribution in [2.24, 2.45) is 0 Å². The quantitative estimate of drug-likeness (QED) is 0.194. The molecule has 8 nitrogen and oxygen atoms in total. The van der Waals surface area contributed by atoms with E-state index in [0.29, 0.717) is 13.1 Å². The number of nitrogens with one attached hydrogen (secondary N) is 2. The second kappa shape index (κ2) is 14.9. The van der Waals surface area contributed by atoms with E-state index in [1.54, 1.807) is 27.7 Å². The van der Waals surface area contributed by atoms with E-state index in [9.17, 15) is 9.13 Å². The van der Waals surface area contributed by atoms with Gasteiger partial charge in [0.05, 0.1) is 26.4 Å². The zero-order chi connectivity index (χ0) is 24.9. The molecule has 0 saturated heterocycles. The number of benzene rings is 2. The molecule has 0 aliphatic rings. The minimum Gasteiger partial charge on any atom is -0.308 e. The van der Waals surface area contributed by atoms with Crippen LogP contribution in [0, 0.1) is 0 Å². The molecular formula is C24H38N2O6P2. The van der Waals surface area contributed by atoms with Crippen molar-refractivity contribution in [2.45, 2.75) is 39.3 Å². The zero-order valence-electron chi connectivity index (χ0n) is 20.5. The van der Waals surface area contributed by atoms with Gasteiger partial charge in [-0.3, -0.25) is 19.8 Å². The Labute approximate surface area is 203 Å². The summed E-state index contributed by atoms with van der Waals surface area (Å²) in [6, 6.07) is 18.9. The highest BCUT2D eigenvalue weighted by atomic mass is 31.2. The molecule has 0 spiro atoms. The van der Waals surface area contributed by atoms with Crippen LogP contribution in [0.1, 0.15) is 50.4 Å². The fourth-order valence-corrected chi connectivity index (χ4v) is 7.57. The van der Waals surface area contributed by atoms with Crippen LogP contribution in [0.5, 0.6) is 0 Å². The Morgan fingerprint density at radius 1 is 0.588 bits per heavy atom. The van der Waals surface area contributed by atoms with Crippen molar-refractivity contribution in [2.75, 3.05) is 39.5 Å². The van der Waals surface area contributed by atoms with Crippen LogP contribution >= 0.6 is 15.2 Å². The van der Waals surface area contributed by atoms with Gasteiger partial charge in [-0.15, -0.1) is 0 Å². The highest BCUT2D eigenvalue weighted by Crippen LogP contribution is 2.60. The topological polar surface area (TPSA) is 95.1 Å². The van der Waals surface area contributed by atoms with E-state index in [-0.39, 0.29) is 26.4 Å². The largest absolute Gasteiger partial charge is 0.351 e. The number of rotatable bonds is 17. The van der Waals surface area contributed by atoms with Crippen LogP contribution in [-0.2, 0) is 27.2 Å². The third kappa shape index (κ3) is 8.11. The van der Waals surface area contributed by atoms with Crippen molar-refractivity contribution in [3.8, 4) is 0 Å². The maximum atomic E-state index is 13.6. The van der Waals surface area contributed by atoms with Gasteiger partial charge < -0.3 is 18.1 Å². The first kappa shape index (κ1) is 28.9. The summed E-state index contributed by atoms with van der Waals surface area (Å²) < 4.78 is 49.6. The average molecular weight is 513 g/mol. The first-order chi connectivity index (χ1) is 16.4. The van der Waals surface area contributed by atoms with E-state index in [1.165, 1.54) is 0 Å². The molecule has 0 aliphatic heterocycles. The summed E-state index contributed by atoms with van der Waals surface area (Å²) in [4.78, 5) is 0. The molecule has 2 unspecified atom stereocenters. The van der Waals surface area contributed by atoms with Crippen molar-refractivity contribution in [3.05, 3.63) is 71.8 Å². The lowest BCUT2D eigenvalue weighted by Gasteiger charge is -2.29. The maximum Gasteiger partial charge on any atom is 0.351 e. The van der Waals surface area contributed by atoms with Crippen molar-refractivity contribution in [1.29, 1.82) is 0 Å².